The number of unbranched alkanes of at least 4 members (excludes halogenated alkanes) is 2. The van der Waals surface area contributed by atoms with Gasteiger partial charge in [0.25, 0.3) is 0 Å². The zero-order valence-electron chi connectivity index (χ0n) is 11.5. The fourth-order valence-electron chi connectivity index (χ4n) is 1.48. The van der Waals surface area contributed by atoms with Crippen molar-refractivity contribution in [1.29, 1.82) is 0 Å². The third-order valence-electron chi connectivity index (χ3n) is 2.62. The summed E-state index contributed by atoms with van der Waals surface area (Å²) in [6.07, 6.45) is 5.30. The van der Waals surface area contributed by atoms with Crippen molar-refractivity contribution in [3.63, 3.8) is 0 Å². The van der Waals surface area contributed by atoms with E-state index in [1.54, 1.807) is 0 Å². The van der Waals surface area contributed by atoms with E-state index in [1.165, 1.54) is 47.2 Å². The van der Waals surface area contributed by atoms with E-state index >= 15 is 0 Å². The van der Waals surface area contributed by atoms with Crippen LogP contribution < -0.4 is 0 Å². The molecule has 0 spiro atoms. The molecule has 0 radical (unpaired) electrons. The van der Waals surface area contributed by atoms with E-state index in [4.69, 9.17) is 0 Å². The Kier molecular flexibility index (Phi) is 9.46. The topological polar surface area (TPSA) is 0 Å². The number of thioether (sulfide) groups is 1. The van der Waals surface area contributed by atoms with Gasteiger partial charge >= 0.3 is 123 Å². The molecule has 1 aromatic rings. The molecule has 0 nitrogen and oxygen atoms in total. The third-order valence-corrected chi connectivity index (χ3v) is 6.06. The van der Waals surface area contributed by atoms with Crippen LogP contribution in [-0.4, -0.2) is 20.7 Å². The van der Waals surface area contributed by atoms with Crippen molar-refractivity contribution < 1.29 is 0 Å². The Labute approximate surface area is 123 Å². The van der Waals surface area contributed by atoms with E-state index in [2.05, 4.69) is 49.2 Å². The quantitative estimate of drug-likeness (QED) is 0.430. The molecule has 0 aliphatic carbocycles. The second kappa shape index (κ2) is 10.7. The summed E-state index contributed by atoms with van der Waals surface area (Å²) in [4.78, 5) is 4.00. The van der Waals surface area contributed by atoms with Crippen LogP contribution in [0.15, 0.2) is 35.3 Å². The van der Waals surface area contributed by atoms with Crippen LogP contribution in [0.1, 0.15) is 45.1 Å². The Hall–Kier alpha value is -0.171. The Morgan fingerprint density at radius 3 is 2.50 bits per heavy atom. The molecule has 1 rings (SSSR count). The SMILES string of the molecule is CCCCS/C(=C\[Se]CCCC)c1ccccc1. The Balaban J connectivity index is 2.57. The summed E-state index contributed by atoms with van der Waals surface area (Å²) in [5, 5.41) is 1.38. The monoisotopic (exact) mass is 328 g/mol. The fraction of sp³-hybridized carbons (Fsp3) is 0.500. The van der Waals surface area contributed by atoms with Gasteiger partial charge in [-0.1, -0.05) is 0 Å². The molecule has 0 aliphatic heterocycles. The summed E-state index contributed by atoms with van der Waals surface area (Å²) in [7, 11) is 0. The van der Waals surface area contributed by atoms with Crippen molar-refractivity contribution in [1.82, 2.24) is 0 Å². The summed E-state index contributed by atoms with van der Waals surface area (Å²) < 4.78 is 0. The molecule has 0 aromatic heterocycles. The number of hydrogen-bond acceptors (Lipinski definition) is 1. The summed E-state index contributed by atoms with van der Waals surface area (Å²) in [6.45, 7) is 4.53. The molecule has 0 N–H and O–H groups in total. The standard InChI is InChI=1S/C16H24SSe/c1-3-5-12-17-16(14-18-13-6-4-2)15-10-8-7-9-11-15/h7-11,14H,3-6,12-13H2,1-2H3/b16-14-. The van der Waals surface area contributed by atoms with Crippen LogP contribution in [0.2, 0.25) is 5.32 Å². The van der Waals surface area contributed by atoms with Gasteiger partial charge in [0.05, 0.1) is 0 Å². The van der Waals surface area contributed by atoms with E-state index in [-0.39, 0.29) is 0 Å². The van der Waals surface area contributed by atoms with Gasteiger partial charge in [-0.15, -0.1) is 0 Å². The average Bonchev–Trinajstić information content (AvgIpc) is 2.42. The van der Waals surface area contributed by atoms with Crippen LogP contribution >= 0.6 is 11.8 Å². The molecular formula is C16H24SSe. The van der Waals surface area contributed by atoms with Crippen LogP contribution in [0.4, 0.5) is 0 Å². The molecule has 2 heteroatoms. The van der Waals surface area contributed by atoms with E-state index in [0.717, 1.165) is 0 Å². The molecule has 0 saturated heterocycles. The first kappa shape index (κ1) is 15.9. The summed E-state index contributed by atoms with van der Waals surface area (Å²) in [5.74, 6) is 1.25. The zero-order chi connectivity index (χ0) is 13.1. The summed E-state index contributed by atoms with van der Waals surface area (Å²) in [6, 6.07) is 10.9. The van der Waals surface area contributed by atoms with Crippen molar-refractivity contribution in [2.24, 2.45) is 0 Å². The van der Waals surface area contributed by atoms with Crippen molar-refractivity contribution in [3.05, 3.63) is 40.9 Å². The van der Waals surface area contributed by atoms with E-state index in [0.29, 0.717) is 15.0 Å². The maximum absolute atomic E-state index is 2.50. The molecular weight excluding hydrogens is 303 g/mol. The number of rotatable bonds is 9. The van der Waals surface area contributed by atoms with Crippen molar-refractivity contribution in [2.45, 2.75) is 44.9 Å². The first-order chi connectivity index (χ1) is 8.88. The average molecular weight is 327 g/mol. The molecule has 0 heterocycles. The normalized spacial score (nSPS) is 11.8. The van der Waals surface area contributed by atoms with Gasteiger partial charge in [0.15, 0.2) is 0 Å². The molecule has 0 bridgehead atoms. The van der Waals surface area contributed by atoms with Crippen LogP contribution in [0.5, 0.6) is 0 Å². The first-order valence-electron chi connectivity index (χ1n) is 6.88. The summed E-state index contributed by atoms with van der Waals surface area (Å²) in [5.41, 5.74) is 1.40. The second-order valence-corrected chi connectivity index (χ2v) is 7.46. The molecule has 0 saturated carbocycles. The van der Waals surface area contributed by atoms with Gasteiger partial charge in [0.2, 0.25) is 0 Å². The summed E-state index contributed by atoms with van der Waals surface area (Å²) >= 11 is 2.70. The molecule has 0 amide bonds. The van der Waals surface area contributed by atoms with Gasteiger partial charge in [-0.2, -0.15) is 0 Å². The predicted molar refractivity (Wildman–Crippen MR) is 87.3 cm³/mol. The second-order valence-electron chi connectivity index (χ2n) is 4.27. The van der Waals surface area contributed by atoms with Crippen LogP contribution in [0, 0.1) is 0 Å². The van der Waals surface area contributed by atoms with Gasteiger partial charge in [-0.3, -0.25) is 0 Å². The maximum atomic E-state index is 2.50. The molecule has 0 unspecified atom stereocenters. The van der Waals surface area contributed by atoms with E-state index in [1.807, 2.05) is 11.8 Å². The Morgan fingerprint density at radius 2 is 1.83 bits per heavy atom. The minimum absolute atomic E-state index is 0.667. The molecule has 18 heavy (non-hydrogen) atoms. The van der Waals surface area contributed by atoms with Gasteiger partial charge in [-0.05, 0) is 0 Å². The van der Waals surface area contributed by atoms with Crippen molar-refractivity contribution >= 4 is 31.6 Å². The van der Waals surface area contributed by atoms with Crippen LogP contribution in [0.3, 0.4) is 0 Å². The third kappa shape index (κ3) is 6.68. The number of benzene rings is 1. The Morgan fingerprint density at radius 1 is 1.11 bits per heavy atom. The zero-order valence-corrected chi connectivity index (χ0v) is 14.1. The van der Waals surface area contributed by atoms with Gasteiger partial charge in [0, 0.05) is 0 Å². The van der Waals surface area contributed by atoms with E-state index < -0.39 is 0 Å². The van der Waals surface area contributed by atoms with Crippen molar-refractivity contribution in [2.75, 3.05) is 5.75 Å². The van der Waals surface area contributed by atoms with Crippen molar-refractivity contribution in [3.8, 4) is 0 Å². The van der Waals surface area contributed by atoms with Gasteiger partial charge in [-0.25, -0.2) is 0 Å². The molecule has 0 fully saturated rings. The van der Waals surface area contributed by atoms with E-state index in [9.17, 15) is 0 Å². The fourth-order valence-corrected chi connectivity index (χ4v) is 5.09. The number of hydrogen-bond donors (Lipinski definition) is 0. The molecule has 0 atom stereocenters. The van der Waals surface area contributed by atoms with Gasteiger partial charge < -0.3 is 0 Å². The van der Waals surface area contributed by atoms with Crippen LogP contribution in [0.25, 0.3) is 4.91 Å². The minimum atomic E-state index is 0.667. The molecule has 1 aromatic carbocycles. The van der Waals surface area contributed by atoms with Crippen LogP contribution in [-0.2, 0) is 0 Å². The Bertz CT molecular complexity index is 332. The molecule has 0 aliphatic rings. The predicted octanol–water partition coefficient (Wildman–Crippen LogP) is 5.44. The first-order valence-corrected chi connectivity index (χ1v) is 10.1. The molecule has 100 valence electrons. The van der Waals surface area contributed by atoms with Gasteiger partial charge in [0.1, 0.15) is 0 Å².